The number of aliphatic carboxylic acids is 1. The second kappa shape index (κ2) is 15.0. The normalized spacial score (nSPS) is 39.1. The number of esters is 1. The summed E-state index contributed by atoms with van der Waals surface area (Å²) in [6.45, 7) is 2.04. The number of carboxylic acid groups (broad SMARTS) is 1. The van der Waals surface area contributed by atoms with Crippen molar-refractivity contribution in [2.75, 3.05) is 13.7 Å². The van der Waals surface area contributed by atoms with E-state index < -0.39 is 159 Å². The Bertz CT molecular complexity index is 2130. The highest BCUT2D eigenvalue weighted by Gasteiger charge is 2.78. The standard InChI is InChI=1S/C39H42O19S/c1-15-38(52)32(48)24-19(6-4-8-21(24)40)30(46)36(38,13-17(56-15)10-11-55-35-28(45)26(43)27(44)29(58-35)34(50)51)59-37-14-18(12-23(42)54-3)57-16(2)39(37,53)33(49)25-20(31(37)47)7-5-9-22(25)41/h4-9,15-18,26-29,35,40-41,43-45,52-53H,10-14H2,1-3H3,(H,50,51)/t15-,16-,17-,18-,26+,27+,28-,29+,35-,36+,37+,38+,39+/m0/s1. The Balaban J connectivity index is 1.36. The minimum atomic E-state index is -2.95. The fraction of sp³-hybridized carbons (Fsp3) is 0.538. The highest BCUT2D eigenvalue weighted by Crippen LogP contribution is 2.64. The third-order valence-electron chi connectivity index (χ3n) is 12.2. The number of ketones is 4. The van der Waals surface area contributed by atoms with Crippen LogP contribution in [0.1, 0.15) is 81.0 Å². The molecular weight excluding hydrogens is 804 g/mol. The van der Waals surface area contributed by atoms with Crippen LogP contribution in [0.15, 0.2) is 36.4 Å². The van der Waals surface area contributed by atoms with Gasteiger partial charge in [-0.15, -0.1) is 11.8 Å². The summed E-state index contributed by atoms with van der Waals surface area (Å²) in [7, 11) is 1.10. The van der Waals surface area contributed by atoms with Gasteiger partial charge in [0.2, 0.25) is 11.6 Å². The van der Waals surface area contributed by atoms with E-state index in [-0.39, 0.29) is 17.5 Å². The van der Waals surface area contributed by atoms with Gasteiger partial charge in [0.15, 0.2) is 35.2 Å². The highest BCUT2D eigenvalue weighted by atomic mass is 32.2. The van der Waals surface area contributed by atoms with Crippen molar-refractivity contribution < 1.29 is 93.3 Å². The first-order chi connectivity index (χ1) is 27.7. The van der Waals surface area contributed by atoms with E-state index in [1.165, 1.54) is 38.1 Å². The molecular formula is C39H42O19S. The quantitative estimate of drug-likeness (QED) is 0.147. The number of phenolic OH excluding ortho intramolecular Hbond substituents is 2. The average molecular weight is 847 g/mol. The summed E-state index contributed by atoms with van der Waals surface area (Å²) in [6.07, 6.45) is -17.5. The molecule has 7 rings (SSSR count). The number of aliphatic hydroxyl groups is 5. The lowest BCUT2D eigenvalue weighted by atomic mass is 9.63. The lowest BCUT2D eigenvalue weighted by Gasteiger charge is -2.61. The number of carbonyl (C=O) groups excluding carboxylic acids is 5. The lowest BCUT2D eigenvalue weighted by molar-refractivity contribution is -0.295. The molecule has 3 aliphatic heterocycles. The molecule has 2 aromatic carbocycles. The molecule has 3 heterocycles. The van der Waals surface area contributed by atoms with Crippen molar-refractivity contribution in [3.63, 3.8) is 0 Å². The summed E-state index contributed by atoms with van der Waals surface area (Å²) in [5, 5.41) is 87.8. The molecule has 19 nitrogen and oxygen atoms in total. The molecule has 5 aliphatic rings. The van der Waals surface area contributed by atoms with Crippen LogP contribution in [-0.4, -0.2) is 165 Å². The first-order valence-corrected chi connectivity index (χ1v) is 19.4. The first-order valence-electron chi connectivity index (χ1n) is 18.6. The van der Waals surface area contributed by atoms with Gasteiger partial charge in [0, 0.05) is 11.1 Å². The van der Waals surface area contributed by atoms with Crippen molar-refractivity contribution >= 4 is 46.8 Å². The molecule has 318 valence electrons. The molecule has 0 radical (unpaired) electrons. The van der Waals surface area contributed by atoms with E-state index in [4.69, 9.17) is 23.7 Å². The summed E-state index contributed by atoms with van der Waals surface area (Å²) in [5.74, 6) is -8.15. The van der Waals surface area contributed by atoms with Crippen LogP contribution in [0.25, 0.3) is 0 Å². The third kappa shape index (κ3) is 6.06. The molecule has 0 spiro atoms. The van der Waals surface area contributed by atoms with Crippen LogP contribution in [0.4, 0.5) is 0 Å². The van der Waals surface area contributed by atoms with Crippen molar-refractivity contribution in [1.82, 2.24) is 0 Å². The van der Waals surface area contributed by atoms with E-state index in [9.17, 15) is 60.0 Å². The minimum absolute atomic E-state index is 0.259. The Kier molecular flexibility index (Phi) is 10.9. The van der Waals surface area contributed by atoms with Crippen LogP contribution in [0.3, 0.4) is 0 Å². The Morgan fingerprint density at radius 1 is 0.746 bits per heavy atom. The number of hydrogen-bond acceptors (Lipinski definition) is 19. The van der Waals surface area contributed by atoms with Crippen molar-refractivity contribution in [2.24, 2.45) is 0 Å². The zero-order valence-electron chi connectivity index (χ0n) is 31.7. The second-order valence-electron chi connectivity index (χ2n) is 15.4. The minimum Gasteiger partial charge on any atom is -0.507 e. The number of rotatable bonds is 9. The first kappa shape index (κ1) is 42.8. The Hall–Kier alpha value is -4.35. The Labute approximate surface area is 338 Å². The van der Waals surface area contributed by atoms with Crippen LogP contribution in [0, 0.1) is 0 Å². The van der Waals surface area contributed by atoms with Crippen LogP contribution in [0.5, 0.6) is 11.5 Å². The summed E-state index contributed by atoms with van der Waals surface area (Å²) in [6, 6.07) is 7.23. The van der Waals surface area contributed by atoms with Crippen molar-refractivity contribution in [1.29, 1.82) is 0 Å². The van der Waals surface area contributed by atoms with Gasteiger partial charge in [0.1, 0.15) is 39.3 Å². The monoisotopic (exact) mass is 846 g/mol. The Morgan fingerprint density at radius 3 is 1.73 bits per heavy atom. The summed E-state index contributed by atoms with van der Waals surface area (Å²) >= 11 is 0.332. The summed E-state index contributed by atoms with van der Waals surface area (Å²) < 4.78 is 22.6. The van der Waals surface area contributed by atoms with Gasteiger partial charge in [-0.2, -0.15) is 0 Å². The number of carboxylic acids is 1. The van der Waals surface area contributed by atoms with Gasteiger partial charge in [0.05, 0.1) is 55.7 Å². The van der Waals surface area contributed by atoms with Crippen molar-refractivity contribution in [3.8, 4) is 11.5 Å². The van der Waals surface area contributed by atoms with Gasteiger partial charge in [-0.05, 0) is 45.2 Å². The number of Topliss-reactive ketones (excluding diaryl/α,β-unsaturated/α-hetero) is 4. The number of aromatic hydroxyl groups is 2. The topological polar surface area (TPSA) is 310 Å². The summed E-state index contributed by atoms with van der Waals surface area (Å²) in [5.41, 5.74) is -7.73. The molecule has 0 saturated carbocycles. The lowest BCUT2D eigenvalue weighted by Crippen LogP contribution is -2.79. The van der Waals surface area contributed by atoms with E-state index in [1.54, 1.807) is 0 Å². The molecule has 3 fully saturated rings. The van der Waals surface area contributed by atoms with Crippen LogP contribution in [-0.2, 0) is 33.3 Å². The maximum absolute atomic E-state index is 15.3. The number of carbonyl (C=O) groups is 6. The largest absolute Gasteiger partial charge is 0.507 e. The van der Waals surface area contributed by atoms with E-state index in [2.05, 4.69) is 0 Å². The second-order valence-corrected chi connectivity index (χ2v) is 17.0. The molecule has 0 bridgehead atoms. The SMILES string of the molecule is COC(=O)C[C@H]1C[C@@]2(S[C@@]34C[C@H](CCO[C@H]5O[C@@H](C(=O)O)[C@H](O)[C@@H](O)[C@@H]5O)O[C@@H](C)[C@@]3(O)C(=O)c3c(O)cccc3C4=O)C(=O)c3cccc(O)c3C(=O)[C@]2(O)[C@H](C)O1. The number of thioether (sulfide) groups is 1. The van der Waals surface area contributed by atoms with Crippen LogP contribution >= 0.6 is 11.8 Å². The van der Waals surface area contributed by atoms with Crippen LogP contribution in [0.2, 0.25) is 0 Å². The maximum atomic E-state index is 15.3. The number of ether oxygens (including phenoxy) is 5. The molecule has 0 amide bonds. The average Bonchev–Trinajstić information content (AvgIpc) is 3.19. The number of fused-ring (bicyclic) bond motifs is 4. The third-order valence-corrected chi connectivity index (χ3v) is 14.2. The Morgan fingerprint density at radius 2 is 1.24 bits per heavy atom. The smallest absolute Gasteiger partial charge is 0.335 e. The van der Waals surface area contributed by atoms with Crippen molar-refractivity contribution in [2.45, 2.75) is 115 Å². The van der Waals surface area contributed by atoms with Gasteiger partial charge in [-0.3, -0.25) is 24.0 Å². The van der Waals surface area contributed by atoms with E-state index in [0.29, 0.717) is 11.8 Å². The molecule has 13 atom stereocenters. The number of phenols is 2. The van der Waals surface area contributed by atoms with Gasteiger partial charge in [0.25, 0.3) is 0 Å². The molecule has 2 aromatic rings. The van der Waals surface area contributed by atoms with E-state index in [1.807, 2.05) is 0 Å². The van der Waals surface area contributed by atoms with Crippen molar-refractivity contribution in [3.05, 3.63) is 58.7 Å². The van der Waals surface area contributed by atoms with Gasteiger partial charge >= 0.3 is 11.9 Å². The maximum Gasteiger partial charge on any atom is 0.335 e. The van der Waals surface area contributed by atoms with E-state index >= 15 is 9.59 Å². The van der Waals surface area contributed by atoms with Crippen LogP contribution < -0.4 is 0 Å². The predicted molar refractivity (Wildman–Crippen MR) is 196 cm³/mol. The molecule has 2 aliphatic carbocycles. The zero-order valence-corrected chi connectivity index (χ0v) is 32.5. The zero-order chi connectivity index (χ0) is 43.1. The number of hydrogen-bond donors (Lipinski definition) is 8. The highest BCUT2D eigenvalue weighted by molar-refractivity contribution is 8.03. The van der Waals surface area contributed by atoms with Gasteiger partial charge < -0.3 is 64.5 Å². The number of methoxy groups -OCH3 is 1. The number of benzene rings is 2. The molecule has 0 aromatic heterocycles. The number of aliphatic hydroxyl groups excluding tert-OH is 3. The summed E-state index contributed by atoms with van der Waals surface area (Å²) in [4.78, 5) is 84.1. The van der Waals surface area contributed by atoms with Gasteiger partial charge in [-0.1, -0.05) is 24.3 Å². The van der Waals surface area contributed by atoms with E-state index in [0.717, 1.165) is 19.2 Å². The molecule has 20 heteroatoms. The fourth-order valence-corrected chi connectivity index (χ4v) is 11.6. The molecule has 59 heavy (non-hydrogen) atoms. The predicted octanol–water partition coefficient (Wildman–Crippen LogP) is -0.554. The molecule has 8 N–H and O–H groups in total. The molecule has 3 saturated heterocycles. The fourth-order valence-electron chi connectivity index (χ4n) is 9.19. The van der Waals surface area contributed by atoms with Gasteiger partial charge in [-0.25, -0.2) is 4.79 Å². The molecule has 0 unspecified atom stereocenters.